The molecule has 2 aromatic carbocycles. The SMILES string of the molecule is [N-]=[N+]=Nc1ccc(CN2CCC3=C(C2)C(=O)N(Cc2ccc(C(F)(F)F)c(F)c2)C2=NCCN23)cc1. The summed E-state index contributed by atoms with van der Waals surface area (Å²) in [6.45, 7) is 2.75. The van der Waals surface area contributed by atoms with Crippen molar-refractivity contribution in [2.24, 2.45) is 10.1 Å². The second-order valence-electron chi connectivity index (χ2n) is 8.78. The molecule has 0 aromatic heterocycles. The highest BCUT2D eigenvalue weighted by atomic mass is 19.4. The number of benzene rings is 2. The number of halogens is 4. The molecule has 0 unspecified atom stereocenters. The van der Waals surface area contributed by atoms with Crippen molar-refractivity contribution in [3.8, 4) is 0 Å². The van der Waals surface area contributed by atoms with E-state index in [0.717, 1.165) is 23.9 Å². The molecular formula is C24H21F4N7O. The molecule has 1 amide bonds. The Balaban J connectivity index is 1.36. The summed E-state index contributed by atoms with van der Waals surface area (Å²) in [4.78, 5) is 26.3. The molecule has 3 aliphatic rings. The first-order valence-corrected chi connectivity index (χ1v) is 11.3. The first kappa shape index (κ1) is 23.8. The van der Waals surface area contributed by atoms with Crippen LogP contribution in [0.4, 0.5) is 23.2 Å². The Morgan fingerprint density at radius 3 is 2.50 bits per heavy atom. The fraction of sp³-hybridized carbons (Fsp3) is 0.333. The summed E-state index contributed by atoms with van der Waals surface area (Å²) in [6, 6.07) is 9.91. The molecule has 0 fully saturated rings. The molecule has 3 aliphatic heterocycles. The monoisotopic (exact) mass is 499 g/mol. The van der Waals surface area contributed by atoms with Gasteiger partial charge in [0.25, 0.3) is 5.91 Å². The summed E-state index contributed by atoms with van der Waals surface area (Å²) in [5.74, 6) is -1.18. The van der Waals surface area contributed by atoms with Crippen LogP contribution in [0.2, 0.25) is 0 Å². The molecule has 0 N–H and O–H groups in total. The highest BCUT2D eigenvalue weighted by Gasteiger charge is 2.41. The first-order chi connectivity index (χ1) is 17.2. The lowest BCUT2D eigenvalue weighted by atomic mass is 9.99. The third-order valence-corrected chi connectivity index (χ3v) is 6.47. The minimum Gasteiger partial charge on any atom is -0.314 e. The second kappa shape index (κ2) is 9.29. The van der Waals surface area contributed by atoms with Gasteiger partial charge in [0.1, 0.15) is 5.82 Å². The molecule has 0 radical (unpaired) electrons. The van der Waals surface area contributed by atoms with Gasteiger partial charge in [0.05, 0.1) is 24.2 Å². The Morgan fingerprint density at radius 1 is 1.06 bits per heavy atom. The van der Waals surface area contributed by atoms with Gasteiger partial charge in [-0.05, 0) is 28.8 Å². The fourth-order valence-electron chi connectivity index (χ4n) is 4.80. The number of azide groups is 1. The van der Waals surface area contributed by atoms with Crippen molar-refractivity contribution in [3.63, 3.8) is 0 Å². The average Bonchev–Trinajstić information content (AvgIpc) is 3.32. The lowest BCUT2D eigenvalue weighted by Gasteiger charge is -2.42. The van der Waals surface area contributed by atoms with E-state index >= 15 is 0 Å². The van der Waals surface area contributed by atoms with Crippen LogP contribution in [0.15, 0.2) is 63.8 Å². The Labute approximate surface area is 203 Å². The van der Waals surface area contributed by atoms with Crippen LogP contribution >= 0.6 is 0 Å². The maximum absolute atomic E-state index is 14.2. The van der Waals surface area contributed by atoms with E-state index in [2.05, 4.69) is 19.9 Å². The smallest absolute Gasteiger partial charge is 0.314 e. The third kappa shape index (κ3) is 4.52. The van der Waals surface area contributed by atoms with E-state index < -0.39 is 17.6 Å². The van der Waals surface area contributed by atoms with E-state index in [1.54, 1.807) is 12.1 Å². The standard InChI is InChI=1S/C24H21F4N7O/c25-20-11-16(3-6-19(20)24(26,27)28)13-35-22(36)18-14-33(9-7-21(18)34-10-8-30-23(34)35)12-15-1-4-17(5-2-15)31-32-29/h1-6,11H,7-10,12-14H2. The summed E-state index contributed by atoms with van der Waals surface area (Å²) in [5.41, 5.74) is 10.5. The highest BCUT2D eigenvalue weighted by molar-refractivity contribution is 6.09. The van der Waals surface area contributed by atoms with Crippen molar-refractivity contribution in [2.75, 3.05) is 26.2 Å². The number of alkyl halides is 3. The van der Waals surface area contributed by atoms with Gasteiger partial charge < -0.3 is 4.90 Å². The predicted octanol–water partition coefficient (Wildman–Crippen LogP) is 4.96. The molecule has 0 spiro atoms. The number of guanidine groups is 1. The molecule has 0 bridgehead atoms. The van der Waals surface area contributed by atoms with Crippen molar-refractivity contribution >= 4 is 17.6 Å². The molecule has 5 rings (SSSR count). The van der Waals surface area contributed by atoms with E-state index in [9.17, 15) is 22.4 Å². The topological polar surface area (TPSA) is 87.9 Å². The van der Waals surface area contributed by atoms with Gasteiger partial charge in [-0.3, -0.25) is 19.6 Å². The van der Waals surface area contributed by atoms with Crippen molar-refractivity contribution in [1.82, 2.24) is 14.7 Å². The van der Waals surface area contributed by atoms with E-state index in [0.29, 0.717) is 55.9 Å². The molecular weight excluding hydrogens is 478 g/mol. The average molecular weight is 499 g/mol. The quantitative estimate of drug-likeness (QED) is 0.252. The molecule has 0 atom stereocenters. The number of carbonyl (C=O) groups is 1. The van der Waals surface area contributed by atoms with Gasteiger partial charge in [-0.25, -0.2) is 4.39 Å². The zero-order valence-electron chi connectivity index (χ0n) is 19.0. The Kier molecular flexibility index (Phi) is 6.15. The van der Waals surface area contributed by atoms with Crippen LogP contribution in [0.1, 0.15) is 23.1 Å². The first-order valence-electron chi connectivity index (χ1n) is 11.3. The molecule has 186 valence electrons. The van der Waals surface area contributed by atoms with Crippen LogP contribution in [0.3, 0.4) is 0 Å². The lowest BCUT2D eigenvalue weighted by Crippen LogP contribution is -2.53. The maximum atomic E-state index is 14.2. The summed E-state index contributed by atoms with van der Waals surface area (Å²) in [7, 11) is 0. The Hall–Kier alpha value is -3.89. The zero-order chi connectivity index (χ0) is 25.4. The van der Waals surface area contributed by atoms with Crippen LogP contribution in [0.25, 0.3) is 10.4 Å². The minimum atomic E-state index is -4.79. The molecule has 3 heterocycles. The van der Waals surface area contributed by atoms with E-state index in [-0.39, 0.29) is 18.0 Å². The molecule has 8 nitrogen and oxygen atoms in total. The van der Waals surface area contributed by atoms with Crippen molar-refractivity contribution in [3.05, 3.63) is 86.7 Å². The molecule has 12 heteroatoms. The molecule has 0 saturated carbocycles. The normalized spacial score (nSPS) is 18.1. The van der Waals surface area contributed by atoms with E-state index in [1.165, 1.54) is 11.0 Å². The van der Waals surface area contributed by atoms with Crippen molar-refractivity contribution < 1.29 is 22.4 Å². The van der Waals surface area contributed by atoms with Gasteiger partial charge in [0.2, 0.25) is 5.96 Å². The Morgan fingerprint density at radius 2 is 1.81 bits per heavy atom. The van der Waals surface area contributed by atoms with Crippen LogP contribution < -0.4 is 0 Å². The summed E-state index contributed by atoms with van der Waals surface area (Å²) < 4.78 is 53.0. The molecule has 36 heavy (non-hydrogen) atoms. The third-order valence-electron chi connectivity index (χ3n) is 6.47. The number of nitrogens with zero attached hydrogens (tertiary/aromatic N) is 7. The summed E-state index contributed by atoms with van der Waals surface area (Å²) in [5, 5.41) is 3.57. The van der Waals surface area contributed by atoms with Gasteiger partial charge in [0, 0.05) is 48.9 Å². The van der Waals surface area contributed by atoms with Gasteiger partial charge in [-0.15, -0.1) is 0 Å². The van der Waals surface area contributed by atoms with Gasteiger partial charge >= 0.3 is 6.18 Å². The second-order valence-corrected chi connectivity index (χ2v) is 8.78. The largest absolute Gasteiger partial charge is 0.419 e. The van der Waals surface area contributed by atoms with Crippen molar-refractivity contribution in [1.29, 1.82) is 0 Å². The van der Waals surface area contributed by atoms with Crippen LogP contribution in [-0.2, 0) is 24.1 Å². The highest BCUT2D eigenvalue weighted by Crippen LogP contribution is 2.34. The van der Waals surface area contributed by atoms with Gasteiger partial charge in [-0.2, -0.15) is 13.2 Å². The van der Waals surface area contributed by atoms with Crippen LogP contribution in [-0.4, -0.2) is 52.7 Å². The maximum Gasteiger partial charge on any atom is 0.419 e. The molecule has 0 aliphatic carbocycles. The van der Waals surface area contributed by atoms with E-state index in [4.69, 9.17) is 5.53 Å². The van der Waals surface area contributed by atoms with E-state index in [1.807, 2.05) is 17.0 Å². The minimum absolute atomic E-state index is 0.0825. The number of fused-ring (bicyclic) bond motifs is 2. The number of hydrogen-bond donors (Lipinski definition) is 0. The number of hydrogen-bond acceptors (Lipinski definition) is 5. The van der Waals surface area contributed by atoms with Crippen molar-refractivity contribution in [2.45, 2.75) is 25.7 Å². The number of amides is 1. The van der Waals surface area contributed by atoms with Crippen LogP contribution in [0.5, 0.6) is 0 Å². The van der Waals surface area contributed by atoms with Gasteiger partial charge in [-0.1, -0.05) is 35.4 Å². The number of rotatable bonds is 5. The number of aliphatic imine (C=N–C) groups is 1. The Bertz CT molecular complexity index is 1310. The molecule has 2 aromatic rings. The fourth-order valence-corrected chi connectivity index (χ4v) is 4.80. The molecule has 0 saturated heterocycles. The summed E-state index contributed by atoms with van der Waals surface area (Å²) >= 11 is 0. The van der Waals surface area contributed by atoms with Gasteiger partial charge in [0.15, 0.2) is 0 Å². The summed E-state index contributed by atoms with van der Waals surface area (Å²) in [6.07, 6.45) is -4.13. The van der Waals surface area contributed by atoms with Crippen LogP contribution in [0, 0.1) is 5.82 Å². The lowest BCUT2D eigenvalue weighted by molar-refractivity contribution is -0.140. The number of carbonyl (C=O) groups excluding carboxylic acids is 1. The zero-order valence-corrected chi connectivity index (χ0v) is 19.0. The predicted molar refractivity (Wildman–Crippen MR) is 123 cm³/mol.